The summed E-state index contributed by atoms with van der Waals surface area (Å²) in [7, 11) is 0. The first-order valence-electron chi connectivity index (χ1n) is 7.74. The number of halogens is 1. The Hall–Kier alpha value is -1.98. The fourth-order valence-corrected chi connectivity index (χ4v) is 4.69. The molecule has 0 amide bonds. The number of hydrogen-bond acceptors (Lipinski definition) is 3. The van der Waals surface area contributed by atoms with E-state index in [1.54, 1.807) is 11.3 Å². The Bertz CT molecular complexity index is 990. The lowest BCUT2D eigenvalue weighted by Crippen LogP contribution is -2.12. The topological polar surface area (TPSA) is 50.2 Å². The lowest BCUT2D eigenvalue weighted by Gasteiger charge is -2.21. The molecule has 0 spiro atoms. The molecule has 4 rings (SSSR count). The fourth-order valence-electron chi connectivity index (χ4n) is 3.30. The van der Waals surface area contributed by atoms with Gasteiger partial charge in [-0.1, -0.05) is 18.2 Å². The molecule has 2 aromatic heterocycles. The summed E-state index contributed by atoms with van der Waals surface area (Å²) >= 11 is 5.15. The highest BCUT2D eigenvalue weighted by Gasteiger charge is 2.24. The van der Waals surface area contributed by atoms with Gasteiger partial charge in [0.15, 0.2) is 0 Å². The number of allylic oxidation sites excluding steroid dienone is 1. The SMILES string of the molecule is O=C(O)c1c2c(nc3ccccc13)/C(=C\c1ccc(Br)s1)CCC2. The number of carbonyl (C=O) groups is 1. The number of nitrogens with zero attached hydrogens (tertiary/aromatic N) is 1. The van der Waals surface area contributed by atoms with Gasteiger partial charge >= 0.3 is 5.97 Å². The minimum atomic E-state index is -0.870. The average molecular weight is 400 g/mol. The Morgan fingerprint density at radius 2 is 2.04 bits per heavy atom. The van der Waals surface area contributed by atoms with Gasteiger partial charge in [-0.15, -0.1) is 11.3 Å². The van der Waals surface area contributed by atoms with Gasteiger partial charge in [0.25, 0.3) is 0 Å². The van der Waals surface area contributed by atoms with Crippen LogP contribution in [0.15, 0.2) is 40.2 Å². The summed E-state index contributed by atoms with van der Waals surface area (Å²) in [6.07, 6.45) is 4.78. The summed E-state index contributed by atoms with van der Waals surface area (Å²) in [5, 5.41) is 10.5. The number of pyridine rings is 1. The normalized spacial score (nSPS) is 15.6. The maximum atomic E-state index is 11.9. The fraction of sp³-hybridized carbons (Fsp3) is 0.158. The van der Waals surface area contributed by atoms with E-state index in [0.29, 0.717) is 5.56 Å². The summed E-state index contributed by atoms with van der Waals surface area (Å²) in [6, 6.07) is 11.6. The van der Waals surface area contributed by atoms with Crippen molar-refractivity contribution in [3.8, 4) is 0 Å². The molecule has 0 bridgehead atoms. The Morgan fingerprint density at radius 1 is 1.21 bits per heavy atom. The second-order valence-electron chi connectivity index (χ2n) is 5.80. The van der Waals surface area contributed by atoms with Gasteiger partial charge < -0.3 is 5.11 Å². The van der Waals surface area contributed by atoms with Gasteiger partial charge in [-0.3, -0.25) is 0 Å². The van der Waals surface area contributed by atoms with Crippen molar-refractivity contribution in [1.82, 2.24) is 4.98 Å². The summed E-state index contributed by atoms with van der Waals surface area (Å²) in [4.78, 5) is 17.9. The minimum absolute atomic E-state index is 0.411. The third-order valence-corrected chi connectivity index (χ3v) is 5.87. The number of carboxylic acid groups (broad SMARTS) is 1. The molecule has 0 saturated heterocycles. The van der Waals surface area contributed by atoms with E-state index >= 15 is 0 Å². The van der Waals surface area contributed by atoms with Crippen molar-refractivity contribution in [1.29, 1.82) is 0 Å². The van der Waals surface area contributed by atoms with Gasteiger partial charge in [0, 0.05) is 10.3 Å². The lowest BCUT2D eigenvalue weighted by atomic mass is 9.86. The van der Waals surface area contributed by atoms with Crippen molar-refractivity contribution in [2.75, 3.05) is 0 Å². The van der Waals surface area contributed by atoms with E-state index in [2.05, 4.69) is 28.1 Å². The first-order chi connectivity index (χ1) is 11.6. The molecule has 24 heavy (non-hydrogen) atoms. The molecule has 1 aliphatic rings. The van der Waals surface area contributed by atoms with Crippen LogP contribution in [0.3, 0.4) is 0 Å². The van der Waals surface area contributed by atoms with Gasteiger partial charge in [0.1, 0.15) is 0 Å². The third-order valence-electron chi connectivity index (χ3n) is 4.29. The van der Waals surface area contributed by atoms with E-state index in [4.69, 9.17) is 4.98 Å². The Kier molecular flexibility index (Phi) is 3.98. The molecule has 2 heterocycles. The highest BCUT2D eigenvalue weighted by Crippen LogP contribution is 2.37. The van der Waals surface area contributed by atoms with Crippen molar-refractivity contribution < 1.29 is 9.90 Å². The van der Waals surface area contributed by atoms with Gasteiger partial charge in [-0.05, 0) is 70.6 Å². The Labute approximate surface area is 151 Å². The summed E-state index contributed by atoms with van der Waals surface area (Å²) < 4.78 is 1.09. The Morgan fingerprint density at radius 3 is 2.79 bits per heavy atom. The van der Waals surface area contributed by atoms with E-state index in [0.717, 1.165) is 55.7 Å². The number of hydrogen-bond donors (Lipinski definition) is 1. The average Bonchev–Trinajstić information content (AvgIpc) is 2.98. The largest absolute Gasteiger partial charge is 0.478 e. The van der Waals surface area contributed by atoms with Crippen molar-refractivity contribution in [3.63, 3.8) is 0 Å². The molecule has 5 heteroatoms. The molecular formula is C19H14BrNO2S. The molecule has 1 aliphatic carbocycles. The predicted octanol–water partition coefficient (Wildman–Crippen LogP) is 5.63. The van der Waals surface area contributed by atoms with E-state index in [9.17, 15) is 9.90 Å². The maximum absolute atomic E-state index is 11.9. The number of fused-ring (bicyclic) bond motifs is 2. The second-order valence-corrected chi connectivity index (χ2v) is 8.30. The van der Waals surface area contributed by atoms with Crippen LogP contribution in [0.25, 0.3) is 22.6 Å². The Balaban J connectivity index is 1.98. The molecule has 120 valence electrons. The number of carboxylic acids is 1. The number of aromatic nitrogens is 1. The standard InChI is InChI=1S/C19H14BrNO2S/c20-16-9-8-12(24-16)10-11-4-3-6-14-17(19(22)23)13-5-1-2-7-15(13)21-18(11)14/h1-2,5,7-10H,3-4,6H2,(H,22,23)/b11-10-. The van der Waals surface area contributed by atoms with E-state index in [1.807, 2.05) is 30.3 Å². The maximum Gasteiger partial charge on any atom is 0.336 e. The summed E-state index contributed by atoms with van der Waals surface area (Å²) in [5.74, 6) is -0.870. The van der Waals surface area contributed by atoms with Gasteiger partial charge in [-0.25, -0.2) is 9.78 Å². The summed E-state index contributed by atoms with van der Waals surface area (Å²) in [6.45, 7) is 0. The number of thiophene rings is 1. The van der Waals surface area contributed by atoms with Crippen molar-refractivity contribution in [3.05, 3.63) is 61.9 Å². The lowest BCUT2D eigenvalue weighted by molar-refractivity contribution is 0.0697. The monoisotopic (exact) mass is 399 g/mol. The van der Waals surface area contributed by atoms with Crippen LogP contribution in [0.1, 0.15) is 39.3 Å². The highest BCUT2D eigenvalue weighted by molar-refractivity contribution is 9.11. The van der Waals surface area contributed by atoms with Gasteiger partial charge in [0.2, 0.25) is 0 Å². The summed E-state index contributed by atoms with van der Waals surface area (Å²) in [5.41, 5.74) is 4.00. The van der Waals surface area contributed by atoms with Crippen LogP contribution in [0.5, 0.6) is 0 Å². The zero-order valence-electron chi connectivity index (χ0n) is 12.8. The second kappa shape index (κ2) is 6.15. The van der Waals surface area contributed by atoms with Crippen molar-refractivity contribution in [2.45, 2.75) is 19.3 Å². The van der Waals surface area contributed by atoms with Crippen molar-refractivity contribution in [2.24, 2.45) is 0 Å². The van der Waals surface area contributed by atoms with Gasteiger partial charge in [-0.2, -0.15) is 0 Å². The third kappa shape index (κ3) is 2.68. The molecule has 0 aliphatic heterocycles. The zero-order chi connectivity index (χ0) is 16.7. The predicted molar refractivity (Wildman–Crippen MR) is 102 cm³/mol. The van der Waals surface area contributed by atoms with Crippen molar-refractivity contribution >= 4 is 55.8 Å². The molecule has 0 saturated carbocycles. The molecule has 1 aromatic carbocycles. The molecule has 3 nitrogen and oxygen atoms in total. The van der Waals surface area contributed by atoms with Gasteiger partial charge in [0.05, 0.1) is 20.6 Å². The van der Waals surface area contributed by atoms with Crippen LogP contribution in [0.4, 0.5) is 0 Å². The van der Waals surface area contributed by atoms with Crippen LogP contribution in [0, 0.1) is 0 Å². The number of para-hydroxylation sites is 1. The van der Waals surface area contributed by atoms with Crippen LogP contribution >= 0.6 is 27.3 Å². The number of rotatable bonds is 2. The molecule has 0 fully saturated rings. The molecule has 3 aromatic rings. The zero-order valence-corrected chi connectivity index (χ0v) is 15.2. The van der Waals surface area contributed by atoms with Crippen LogP contribution < -0.4 is 0 Å². The molecular weight excluding hydrogens is 386 g/mol. The molecule has 1 N–H and O–H groups in total. The number of aromatic carboxylic acids is 1. The molecule has 0 radical (unpaired) electrons. The minimum Gasteiger partial charge on any atom is -0.478 e. The number of benzene rings is 1. The first-order valence-corrected chi connectivity index (χ1v) is 9.35. The first kappa shape index (κ1) is 15.5. The van der Waals surface area contributed by atoms with Crippen LogP contribution in [0.2, 0.25) is 0 Å². The smallest absolute Gasteiger partial charge is 0.336 e. The van der Waals surface area contributed by atoms with Crippen LogP contribution in [-0.2, 0) is 6.42 Å². The molecule has 0 unspecified atom stereocenters. The highest BCUT2D eigenvalue weighted by atomic mass is 79.9. The van der Waals surface area contributed by atoms with E-state index < -0.39 is 5.97 Å². The van der Waals surface area contributed by atoms with Crippen LogP contribution in [-0.4, -0.2) is 16.1 Å². The van der Waals surface area contributed by atoms with E-state index in [-0.39, 0.29) is 0 Å². The van der Waals surface area contributed by atoms with E-state index in [1.165, 1.54) is 0 Å². The quantitative estimate of drug-likeness (QED) is 0.606. The molecule has 0 atom stereocenters.